The number of alkyl halides is 3. The number of hydrogen-bond donors (Lipinski definition) is 2. The van der Waals surface area contributed by atoms with Crippen LogP contribution >= 0.6 is 12.2 Å². The number of aromatic nitrogens is 3. The molecule has 2 rings (SSSR count). The Kier molecular flexibility index (Phi) is 2.82. The molecule has 2 aromatic rings. The van der Waals surface area contributed by atoms with E-state index in [-0.39, 0.29) is 5.88 Å². The fraction of sp³-hybridized carbons (Fsp3) is 0.333. The van der Waals surface area contributed by atoms with E-state index in [0.29, 0.717) is 21.5 Å². The fourth-order valence-electron chi connectivity index (χ4n) is 1.34. The zero-order valence-corrected chi connectivity index (χ0v) is 9.50. The summed E-state index contributed by atoms with van der Waals surface area (Å²) in [6, 6.07) is 1.63. The van der Waals surface area contributed by atoms with E-state index < -0.39 is 12.8 Å². The highest BCUT2D eigenvalue weighted by Crippen LogP contribution is 2.22. The van der Waals surface area contributed by atoms with Crippen LogP contribution < -0.4 is 4.74 Å². The van der Waals surface area contributed by atoms with Crippen LogP contribution in [0.15, 0.2) is 6.07 Å². The third kappa shape index (κ3) is 2.76. The smallest absolute Gasteiger partial charge is 0.422 e. The van der Waals surface area contributed by atoms with Crippen molar-refractivity contribution >= 4 is 23.4 Å². The Morgan fingerprint density at radius 2 is 2.12 bits per heavy atom. The van der Waals surface area contributed by atoms with Crippen molar-refractivity contribution in [3.63, 3.8) is 0 Å². The number of hydrogen-bond acceptors (Lipinski definition) is 3. The largest absolute Gasteiger partial charge is 0.468 e. The standard InChI is InChI=1S/C9H8F3N3OS/c1-4-2-5-6(15-8(17)13-5)14-7(4)16-3-9(10,11)12/h2H,3H2,1H3,(H2,13,14,15,17). The van der Waals surface area contributed by atoms with Crippen molar-refractivity contribution < 1.29 is 17.9 Å². The van der Waals surface area contributed by atoms with Crippen LogP contribution in [0.3, 0.4) is 0 Å². The summed E-state index contributed by atoms with van der Waals surface area (Å²) in [4.78, 5) is 9.45. The molecule has 2 heterocycles. The first-order valence-electron chi connectivity index (χ1n) is 4.64. The van der Waals surface area contributed by atoms with E-state index >= 15 is 0 Å². The van der Waals surface area contributed by atoms with E-state index in [0.717, 1.165) is 0 Å². The van der Waals surface area contributed by atoms with Gasteiger partial charge in [0.25, 0.3) is 0 Å². The summed E-state index contributed by atoms with van der Waals surface area (Å²) in [5.74, 6) is -0.0555. The summed E-state index contributed by atoms with van der Waals surface area (Å²) in [6.07, 6.45) is -4.38. The van der Waals surface area contributed by atoms with Gasteiger partial charge in [-0.3, -0.25) is 0 Å². The number of halogens is 3. The third-order valence-corrected chi connectivity index (χ3v) is 2.22. The van der Waals surface area contributed by atoms with Crippen molar-refractivity contribution in [3.8, 4) is 5.88 Å². The second kappa shape index (κ2) is 4.02. The zero-order chi connectivity index (χ0) is 12.6. The zero-order valence-electron chi connectivity index (χ0n) is 8.68. The molecule has 0 amide bonds. The van der Waals surface area contributed by atoms with E-state index in [9.17, 15) is 13.2 Å². The van der Waals surface area contributed by atoms with Crippen molar-refractivity contribution in [2.24, 2.45) is 0 Å². The van der Waals surface area contributed by atoms with Crippen LogP contribution in [0, 0.1) is 11.7 Å². The Balaban J connectivity index is 2.34. The lowest BCUT2D eigenvalue weighted by Gasteiger charge is -2.09. The number of imidazole rings is 1. The second-order valence-corrected chi connectivity index (χ2v) is 3.90. The minimum atomic E-state index is -4.38. The molecule has 0 aliphatic carbocycles. The van der Waals surface area contributed by atoms with Crippen LogP contribution in [0.4, 0.5) is 13.2 Å². The molecule has 0 atom stereocenters. The highest BCUT2D eigenvalue weighted by atomic mass is 32.1. The van der Waals surface area contributed by atoms with Gasteiger partial charge in [-0.25, -0.2) is 0 Å². The van der Waals surface area contributed by atoms with Crippen LogP contribution in [-0.2, 0) is 0 Å². The number of H-pyrrole nitrogens is 2. The lowest BCUT2D eigenvalue weighted by Crippen LogP contribution is -2.20. The fourth-order valence-corrected chi connectivity index (χ4v) is 1.55. The van der Waals surface area contributed by atoms with E-state index in [1.54, 1.807) is 13.0 Å². The van der Waals surface area contributed by atoms with E-state index in [1.807, 2.05) is 0 Å². The molecule has 17 heavy (non-hydrogen) atoms. The van der Waals surface area contributed by atoms with Gasteiger partial charge in [0.1, 0.15) is 0 Å². The number of ether oxygens (including phenoxy) is 1. The molecular weight excluding hydrogens is 255 g/mol. The van der Waals surface area contributed by atoms with Gasteiger partial charge in [0.05, 0.1) is 5.52 Å². The lowest BCUT2D eigenvalue weighted by atomic mass is 10.3. The predicted octanol–water partition coefficient (Wildman–Crippen LogP) is 2.87. The number of aromatic amines is 2. The molecule has 0 saturated heterocycles. The van der Waals surface area contributed by atoms with Gasteiger partial charge in [-0.1, -0.05) is 0 Å². The molecule has 8 heteroatoms. The Hall–Kier alpha value is -1.57. The molecule has 0 saturated carbocycles. The van der Waals surface area contributed by atoms with Crippen LogP contribution in [0.5, 0.6) is 5.88 Å². The molecule has 0 spiro atoms. The average molecular weight is 263 g/mol. The maximum absolute atomic E-state index is 12.0. The summed E-state index contributed by atoms with van der Waals surface area (Å²) in [7, 11) is 0. The number of nitrogens with one attached hydrogen (secondary N) is 2. The molecule has 0 aliphatic heterocycles. The number of pyridine rings is 1. The Morgan fingerprint density at radius 3 is 2.76 bits per heavy atom. The van der Waals surface area contributed by atoms with Crippen molar-refractivity contribution in [2.45, 2.75) is 13.1 Å². The normalized spacial score (nSPS) is 12.0. The van der Waals surface area contributed by atoms with Gasteiger partial charge in [0.15, 0.2) is 17.0 Å². The maximum atomic E-state index is 12.0. The van der Waals surface area contributed by atoms with Gasteiger partial charge >= 0.3 is 6.18 Å². The van der Waals surface area contributed by atoms with Gasteiger partial charge < -0.3 is 14.7 Å². The highest BCUT2D eigenvalue weighted by molar-refractivity contribution is 7.71. The summed E-state index contributed by atoms with van der Waals surface area (Å²) >= 11 is 4.85. The van der Waals surface area contributed by atoms with Crippen molar-refractivity contribution in [1.82, 2.24) is 15.0 Å². The molecule has 4 nitrogen and oxygen atoms in total. The highest BCUT2D eigenvalue weighted by Gasteiger charge is 2.29. The first-order valence-corrected chi connectivity index (χ1v) is 5.05. The molecule has 0 fully saturated rings. The molecule has 0 unspecified atom stereocenters. The van der Waals surface area contributed by atoms with Crippen molar-refractivity contribution in [3.05, 3.63) is 16.4 Å². The van der Waals surface area contributed by atoms with Gasteiger partial charge in [-0.15, -0.1) is 0 Å². The minimum absolute atomic E-state index is 0.0555. The van der Waals surface area contributed by atoms with E-state index in [4.69, 9.17) is 12.2 Å². The van der Waals surface area contributed by atoms with E-state index in [2.05, 4.69) is 19.7 Å². The first kappa shape index (κ1) is 11.9. The van der Waals surface area contributed by atoms with E-state index in [1.165, 1.54) is 0 Å². The maximum Gasteiger partial charge on any atom is 0.422 e. The molecule has 2 aromatic heterocycles. The van der Waals surface area contributed by atoms with Gasteiger partial charge in [-0.2, -0.15) is 18.2 Å². The van der Waals surface area contributed by atoms with Crippen LogP contribution in [0.1, 0.15) is 5.56 Å². The third-order valence-electron chi connectivity index (χ3n) is 2.02. The summed E-state index contributed by atoms with van der Waals surface area (Å²) < 4.78 is 41.0. The van der Waals surface area contributed by atoms with Gasteiger partial charge in [0.2, 0.25) is 5.88 Å². The lowest BCUT2D eigenvalue weighted by molar-refractivity contribution is -0.154. The topological polar surface area (TPSA) is 53.7 Å². The predicted molar refractivity (Wildman–Crippen MR) is 57.6 cm³/mol. The Bertz CT molecular complexity index is 602. The molecule has 0 bridgehead atoms. The number of nitrogens with zero attached hydrogens (tertiary/aromatic N) is 1. The minimum Gasteiger partial charge on any atom is -0.468 e. The molecular formula is C9H8F3N3OS. The number of rotatable bonds is 2. The van der Waals surface area contributed by atoms with Crippen LogP contribution in [0.25, 0.3) is 11.2 Å². The second-order valence-electron chi connectivity index (χ2n) is 3.49. The van der Waals surface area contributed by atoms with Gasteiger partial charge in [0, 0.05) is 5.56 Å². The average Bonchev–Trinajstić information content (AvgIpc) is 2.52. The molecule has 92 valence electrons. The quantitative estimate of drug-likeness (QED) is 0.819. The van der Waals surface area contributed by atoms with Crippen molar-refractivity contribution in [2.75, 3.05) is 6.61 Å². The first-order chi connectivity index (χ1) is 7.85. The molecule has 0 aliphatic rings. The SMILES string of the molecule is Cc1cc2[nH]c(=S)[nH]c2nc1OCC(F)(F)F. The number of aryl methyl sites for hydroxylation is 1. The number of fused-ring (bicyclic) bond motifs is 1. The van der Waals surface area contributed by atoms with Crippen molar-refractivity contribution in [1.29, 1.82) is 0 Å². The molecule has 0 aromatic carbocycles. The molecule has 2 N–H and O–H groups in total. The summed E-state index contributed by atoms with van der Waals surface area (Å²) in [5.41, 5.74) is 1.51. The van der Waals surface area contributed by atoms with Crippen LogP contribution in [0.2, 0.25) is 0 Å². The Labute approximate surface area is 98.8 Å². The summed E-state index contributed by atoms with van der Waals surface area (Å²) in [5, 5.41) is 0. The summed E-state index contributed by atoms with van der Waals surface area (Å²) in [6.45, 7) is 0.250. The monoisotopic (exact) mass is 263 g/mol. The molecule has 0 radical (unpaired) electrons. The Morgan fingerprint density at radius 1 is 1.41 bits per heavy atom. The van der Waals surface area contributed by atoms with Crippen LogP contribution in [-0.4, -0.2) is 27.7 Å². The van der Waals surface area contributed by atoms with Gasteiger partial charge in [-0.05, 0) is 25.2 Å².